The third-order valence-corrected chi connectivity index (χ3v) is 5.25. The van der Waals surface area contributed by atoms with E-state index in [0.29, 0.717) is 33.1 Å². The van der Waals surface area contributed by atoms with Gasteiger partial charge in [-0.3, -0.25) is 0 Å². The Hall–Kier alpha value is -3.73. The molecule has 1 atom stereocenters. The van der Waals surface area contributed by atoms with E-state index in [0.717, 1.165) is 16.1 Å². The number of pyridine rings is 1. The van der Waals surface area contributed by atoms with Crippen LogP contribution in [0.25, 0.3) is 27.9 Å². The number of nitrogens with zero attached hydrogens (tertiary/aromatic N) is 6. The Morgan fingerprint density at radius 2 is 2.00 bits per heavy atom. The highest BCUT2D eigenvalue weighted by molar-refractivity contribution is 6.35. The summed E-state index contributed by atoms with van der Waals surface area (Å²) in [7, 11) is 0. The van der Waals surface area contributed by atoms with Crippen LogP contribution in [0.3, 0.4) is 0 Å². The third-order valence-electron chi connectivity index (χ3n) is 4.94. The summed E-state index contributed by atoms with van der Waals surface area (Å²) >= 11 is 6.29. The first-order valence-corrected chi connectivity index (χ1v) is 9.82. The van der Waals surface area contributed by atoms with Crippen molar-refractivity contribution in [1.29, 1.82) is 0 Å². The maximum Gasteiger partial charge on any atom is 0.435 e. The maximum atomic E-state index is 13.1. The summed E-state index contributed by atoms with van der Waals surface area (Å²) in [6.45, 7) is 1.84. The molecule has 4 heterocycles. The van der Waals surface area contributed by atoms with Crippen LogP contribution in [0.1, 0.15) is 24.2 Å². The molecular formula is C20H14ClF3N8. The van der Waals surface area contributed by atoms with Crippen molar-refractivity contribution in [3.05, 3.63) is 65.5 Å². The molecule has 0 spiro atoms. The van der Waals surface area contributed by atoms with Gasteiger partial charge in [-0.15, -0.1) is 0 Å². The van der Waals surface area contributed by atoms with Gasteiger partial charge in [0.1, 0.15) is 11.8 Å². The van der Waals surface area contributed by atoms with Crippen molar-refractivity contribution >= 4 is 39.5 Å². The standard InChI is InChI=1S/C20H14ClF3N8/c1-10(29-18-16-17(26-8-25-16)27-9-28-18)12-7-11-3-2-4-13(21)15(11)30-19(12)32-6-5-14(31-32)20(22,23)24/h2-10H,1H3,(H2,25,26,27,28,29)/t10-/m0/s1. The molecule has 0 saturated heterocycles. The number of para-hydroxylation sites is 1. The molecule has 0 radical (unpaired) electrons. The first-order valence-electron chi connectivity index (χ1n) is 9.44. The molecule has 0 aliphatic heterocycles. The number of fused-ring (bicyclic) bond motifs is 2. The summed E-state index contributed by atoms with van der Waals surface area (Å²) in [5, 5.41) is 8.07. The monoisotopic (exact) mass is 458 g/mol. The highest BCUT2D eigenvalue weighted by Crippen LogP contribution is 2.32. The van der Waals surface area contributed by atoms with Crippen LogP contribution >= 0.6 is 11.6 Å². The zero-order valence-electron chi connectivity index (χ0n) is 16.4. The number of alkyl halides is 3. The molecule has 0 bridgehead atoms. The van der Waals surface area contributed by atoms with Crippen molar-refractivity contribution < 1.29 is 13.2 Å². The van der Waals surface area contributed by atoms with Gasteiger partial charge >= 0.3 is 6.18 Å². The van der Waals surface area contributed by atoms with Gasteiger partial charge in [-0.2, -0.15) is 18.3 Å². The van der Waals surface area contributed by atoms with Crippen LogP contribution < -0.4 is 5.32 Å². The molecule has 8 nitrogen and oxygen atoms in total. The molecule has 1 aromatic carbocycles. The van der Waals surface area contributed by atoms with E-state index >= 15 is 0 Å². The normalized spacial score (nSPS) is 13.0. The Labute approximate surface area is 183 Å². The first-order chi connectivity index (χ1) is 15.3. The number of aromatic amines is 1. The Morgan fingerprint density at radius 1 is 1.16 bits per heavy atom. The lowest BCUT2D eigenvalue weighted by atomic mass is 10.1. The van der Waals surface area contributed by atoms with Gasteiger partial charge in [0, 0.05) is 17.1 Å². The van der Waals surface area contributed by atoms with Gasteiger partial charge < -0.3 is 10.3 Å². The molecular weight excluding hydrogens is 445 g/mol. The molecule has 5 rings (SSSR count). The van der Waals surface area contributed by atoms with Gasteiger partial charge in [-0.1, -0.05) is 23.7 Å². The first kappa shape index (κ1) is 20.2. The quantitative estimate of drug-likeness (QED) is 0.396. The average molecular weight is 459 g/mol. The summed E-state index contributed by atoms with van der Waals surface area (Å²) in [5.41, 5.74) is 1.14. The van der Waals surface area contributed by atoms with Crippen molar-refractivity contribution in [2.75, 3.05) is 5.32 Å². The molecule has 0 unspecified atom stereocenters. The lowest BCUT2D eigenvalue weighted by Crippen LogP contribution is -2.14. The molecule has 12 heteroatoms. The van der Waals surface area contributed by atoms with Crippen molar-refractivity contribution in [1.82, 2.24) is 34.7 Å². The van der Waals surface area contributed by atoms with Crippen LogP contribution in [0, 0.1) is 0 Å². The zero-order chi connectivity index (χ0) is 22.5. The largest absolute Gasteiger partial charge is 0.435 e. The number of imidazole rings is 1. The molecule has 162 valence electrons. The minimum atomic E-state index is -4.57. The second-order valence-corrected chi connectivity index (χ2v) is 7.45. The Balaban J connectivity index is 1.64. The number of aromatic nitrogens is 7. The van der Waals surface area contributed by atoms with E-state index in [1.165, 1.54) is 18.9 Å². The highest BCUT2D eigenvalue weighted by atomic mass is 35.5. The van der Waals surface area contributed by atoms with E-state index in [4.69, 9.17) is 11.6 Å². The molecule has 32 heavy (non-hydrogen) atoms. The fourth-order valence-electron chi connectivity index (χ4n) is 3.42. The van der Waals surface area contributed by atoms with Crippen LogP contribution in [0.4, 0.5) is 19.0 Å². The number of rotatable bonds is 4. The van der Waals surface area contributed by atoms with Crippen molar-refractivity contribution in [2.24, 2.45) is 0 Å². The smallest absolute Gasteiger partial charge is 0.362 e. The van der Waals surface area contributed by atoms with Crippen LogP contribution in [-0.2, 0) is 6.18 Å². The predicted octanol–water partition coefficient (Wildman–Crippen LogP) is 4.93. The summed E-state index contributed by atoms with van der Waals surface area (Å²) in [6.07, 6.45) is -0.470. The van der Waals surface area contributed by atoms with E-state index in [2.05, 4.69) is 35.3 Å². The summed E-state index contributed by atoms with van der Waals surface area (Å²) in [6, 6.07) is 7.58. The van der Waals surface area contributed by atoms with Crippen LogP contribution in [0.5, 0.6) is 0 Å². The second-order valence-electron chi connectivity index (χ2n) is 7.05. The minimum Gasteiger partial charge on any atom is -0.362 e. The molecule has 0 saturated carbocycles. The van der Waals surface area contributed by atoms with Crippen LogP contribution in [0.2, 0.25) is 5.02 Å². The number of hydrogen-bond donors (Lipinski definition) is 2. The number of anilines is 1. The third kappa shape index (κ3) is 3.50. The van der Waals surface area contributed by atoms with Crippen molar-refractivity contribution in [3.63, 3.8) is 0 Å². The molecule has 2 N–H and O–H groups in total. The predicted molar refractivity (Wildman–Crippen MR) is 113 cm³/mol. The van der Waals surface area contributed by atoms with E-state index in [1.807, 2.05) is 19.1 Å². The van der Waals surface area contributed by atoms with Crippen molar-refractivity contribution in [3.8, 4) is 5.82 Å². The van der Waals surface area contributed by atoms with E-state index in [9.17, 15) is 13.2 Å². The number of halogens is 4. The van der Waals surface area contributed by atoms with Gasteiger partial charge in [0.2, 0.25) is 0 Å². The van der Waals surface area contributed by atoms with Gasteiger partial charge in [0.25, 0.3) is 0 Å². The molecule has 5 aromatic rings. The number of hydrogen-bond acceptors (Lipinski definition) is 6. The summed E-state index contributed by atoms with van der Waals surface area (Å²) < 4.78 is 40.5. The highest BCUT2D eigenvalue weighted by Gasteiger charge is 2.34. The SMILES string of the molecule is C[C@H](Nc1ncnc2nc[nH]c12)c1cc2cccc(Cl)c2nc1-n1ccc(C(F)(F)F)n1. The van der Waals surface area contributed by atoms with Gasteiger partial charge in [-0.05, 0) is 25.1 Å². The Kier molecular flexibility index (Phi) is 4.70. The molecule has 0 amide bonds. The summed E-state index contributed by atoms with van der Waals surface area (Å²) in [4.78, 5) is 20.0. The lowest BCUT2D eigenvalue weighted by molar-refractivity contribution is -0.141. The number of H-pyrrole nitrogens is 1. The Bertz CT molecular complexity index is 1440. The molecule has 0 aliphatic rings. The number of benzene rings is 1. The second kappa shape index (κ2) is 7.45. The zero-order valence-corrected chi connectivity index (χ0v) is 17.1. The van der Waals surface area contributed by atoms with Crippen LogP contribution in [-0.4, -0.2) is 34.7 Å². The van der Waals surface area contributed by atoms with Gasteiger partial charge in [0.15, 0.2) is 23.0 Å². The van der Waals surface area contributed by atoms with Gasteiger partial charge in [-0.25, -0.2) is 24.6 Å². The fraction of sp³-hybridized carbons (Fsp3) is 0.150. The Morgan fingerprint density at radius 3 is 2.78 bits per heavy atom. The average Bonchev–Trinajstić information content (AvgIpc) is 3.43. The summed E-state index contributed by atoms with van der Waals surface area (Å²) in [5.74, 6) is 0.713. The molecule has 0 aliphatic carbocycles. The van der Waals surface area contributed by atoms with Crippen molar-refractivity contribution in [2.45, 2.75) is 19.1 Å². The van der Waals surface area contributed by atoms with Crippen LogP contribution in [0.15, 0.2) is 49.2 Å². The van der Waals surface area contributed by atoms with E-state index in [-0.39, 0.29) is 5.82 Å². The minimum absolute atomic E-state index is 0.219. The van der Waals surface area contributed by atoms with E-state index < -0.39 is 17.9 Å². The fourth-order valence-corrected chi connectivity index (χ4v) is 3.65. The van der Waals surface area contributed by atoms with Gasteiger partial charge in [0.05, 0.1) is 22.9 Å². The lowest BCUT2D eigenvalue weighted by Gasteiger charge is -2.19. The number of nitrogens with one attached hydrogen (secondary N) is 2. The molecule has 4 aromatic heterocycles. The topological polar surface area (TPSA) is 97.2 Å². The molecule has 0 fully saturated rings. The maximum absolute atomic E-state index is 13.1. The van der Waals surface area contributed by atoms with E-state index in [1.54, 1.807) is 12.1 Å².